The molecule has 0 N–H and O–H groups in total. The molecule has 0 fully saturated rings. The Kier molecular flexibility index (Phi) is 61.2. The molecule has 0 aromatic rings. The van der Waals surface area contributed by atoms with Gasteiger partial charge in [0.05, 0.1) is 0 Å². The Bertz CT molecular complexity index is 1450. The van der Waals surface area contributed by atoms with E-state index in [2.05, 4.69) is 106 Å². The summed E-state index contributed by atoms with van der Waals surface area (Å²) < 4.78 is 16.9. The number of carbonyl (C=O) groups is 3. The van der Waals surface area contributed by atoms with Crippen LogP contribution in [0.25, 0.3) is 0 Å². The fourth-order valence-corrected chi connectivity index (χ4v) is 9.25. The highest BCUT2D eigenvalue weighted by atomic mass is 16.6. The van der Waals surface area contributed by atoms with Crippen LogP contribution >= 0.6 is 0 Å². The Morgan fingerprint density at radius 3 is 0.842 bits per heavy atom. The van der Waals surface area contributed by atoms with E-state index in [9.17, 15) is 14.4 Å². The maximum Gasteiger partial charge on any atom is 0.306 e. The molecule has 6 heteroatoms. The Balaban J connectivity index is 4.24. The molecule has 0 aromatic carbocycles. The van der Waals surface area contributed by atoms with Crippen LogP contribution in [-0.2, 0) is 28.6 Å². The van der Waals surface area contributed by atoms with Crippen molar-refractivity contribution in [1.29, 1.82) is 0 Å². The Hall–Kier alpha value is -3.41. The van der Waals surface area contributed by atoms with Gasteiger partial charge >= 0.3 is 17.9 Å². The van der Waals surface area contributed by atoms with Crippen LogP contribution in [0, 0.1) is 0 Å². The summed E-state index contributed by atoms with van der Waals surface area (Å²) in [6.45, 7) is 6.51. The predicted octanol–water partition coefficient (Wildman–Crippen LogP) is 22.3. The number of hydrogen-bond acceptors (Lipinski definition) is 6. The van der Waals surface area contributed by atoms with Crippen LogP contribution in [0.5, 0.6) is 0 Å². The maximum absolute atomic E-state index is 12.9. The van der Waals surface area contributed by atoms with E-state index in [1.54, 1.807) is 0 Å². The average Bonchev–Trinajstić information content (AvgIpc) is 3.42. The minimum atomic E-state index is -0.781. The highest BCUT2D eigenvalue weighted by Gasteiger charge is 2.19. The van der Waals surface area contributed by atoms with Crippen LogP contribution in [-0.4, -0.2) is 37.2 Å². The minimum Gasteiger partial charge on any atom is -0.462 e. The summed E-state index contributed by atoms with van der Waals surface area (Å²) in [6, 6.07) is 0. The Morgan fingerprint density at radius 1 is 0.276 bits per heavy atom. The molecule has 0 bridgehead atoms. The van der Waals surface area contributed by atoms with E-state index in [4.69, 9.17) is 14.2 Å². The van der Waals surface area contributed by atoms with Crippen molar-refractivity contribution >= 4 is 17.9 Å². The van der Waals surface area contributed by atoms with Crippen LogP contribution in [0.15, 0.2) is 85.1 Å². The second-order valence-electron chi connectivity index (χ2n) is 21.6. The maximum atomic E-state index is 12.9. The molecule has 0 aliphatic rings. The molecule has 438 valence electrons. The largest absolute Gasteiger partial charge is 0.462 e. The summed E-state index contributed by atoms with van der Waals surface area (Å²) >= 11 is 0. The lowest BCUT2D eigenvalue weighted by molar-refractivity contribution is -0.167. The van der Waals surface area contributed by atoms with Crippen molar-refractivity contribution in [2.24, 2.45) is 0 Å². The monoisotopic (exact) mass is 1060 g/mol. The summed E-state index contributed by atoms with van der Waals surface area (Å²) in [5.41, 5.74) is 0. The first-order chi connectivity index (χ1) is 37.5. The van der Waals surface area contributed by atoms with Gasteiger partial charge in [0.1, 0.15) is 13.2 Å². The van der Waals surface area contributed by atoms with Crippen LogP contribution in [0.3, 0.4) is 0 Å². The third kappa shape index (κ3) is 61.4. The predicted molar refractivity (Wildman–Crippen MR) is 330 cm³/mol. The van der Waals surface area contributed by atoms with E-state index in [1.807, 2.05) is 0 Å². The molecule has 0 aliphatic heterocycles. The first kappa shape index (κ1) is 72.6. The highest BCUT2D eigenvalue weighted by molar-refractivity contribution is 5.71. The van der Waals surface area contributed by atoms with E-state index in [0.717, 1.165) is 109 Å². The van der Waals surface area contributed by atoms with Crippen LogP contribution in [0.1, 0.15) is 323 Å². The van der Waals surface area contributed by atoms with E-state index < -0.39 is 6.10 Å². The molecule has 76 heavy (non-hydrogen) atoms. The molecule has 0 heterocycles. The van der Waals surface area contributed by atoms with Crippen LogP contribution < -0.4 is 0 Å². The fraction of sp³-hybridized carbons (Fsp3) is 0.757. The first-order valence-electron chi connectivity index (χ1n) is 32.6. The normalized spacial score (nSPS) is 12.6. The number of allylic oxidation sites excluding steroid dienone is 14. The molecular weight excluding hydrogens is 937 g/mol. The van der Waals surface area contributed by atoms with E-state index in [0.29, 0.717) is 19.3 Å². The lowest BCUT2D eigenvalue weighted by atomic mass is 10.0. The van der Waals surface area contributed by atoms with Gasteiger partial charge < -0.3 is 14.2 Å². The average molecular weight is 1060 g/mol. The molecule has 1 unspecified atom stereocenters. The zero-order chi connectivity index (χ0) is 55.0. The van der Waals surface area contributed by atoms with Gasteiger partial charge in [-0.15, -0.1) is 0 Å². The lowest BCUT2D eigenvalue weighted by Crippen LogP contribution is -2.30. The van der Waals surface area contributed by atoms with Crippen molar-refractivity contribution in [2.45, 2.75) is 329 Å². The Morgan fingerprint density at radius 2 is 0.526 bits per heavy atom. The van der Waals surface area contributed by atoms with E-state index >= 15 is 0 Å². The van der Waals surface area contributed by atoms with Gasteiger partial charge in [0.2, 0.25) is 0 Å². The fourth-order valence-electron chi connectivity index (χ4n) is 9.25. The number of rotatable bonds is 59. The molecule has 0 aromatic heterocycles. The SMILES string of the molecule is CC/C=C\C/C=C\C/C=C\C/C=C\C/C=C\CCCCCCCCCCCCCCCC(=O)OCC(COC(=O)CCCCCCC/C=C\C/C=C\CCCC)OC(=O)CCCCCCCCCCCCCCCCC. The van der Waals surface area contributed by atoms with Crippen molar-refractivity contribution < 1.29 is 28.6 Å². The molecular formula is C70H122O6. The molecule has 1 atom stereocenters. The summed E-state index contributed by atoms with van der Waals surface area (Å²) in [7, 11) is 0. The second kappa shape index (κ2) is 64.1. The molecule has 0 aliphatic carbocycles. The molecule has 0 saturated heterocycles. The van der Waals surface area contributed by atoms with Gasteiger partial charge in [-0.2, -0.15) is 0 Å². The van der Waals surface area contributed by atoms with Gasteiger partial charge in [-0.25, -0.2) is 0 Å². The van der Waals surface area contributed by atoms with Gasteiger partial charge in [-0.1, -0.05) is 298 Å². The van der Waals surface area contributed by atoms with Crippen molar-refractivity contribution in [2.75, 3.05) is 13.2 Å². The van der Waals surface area contributed by atoms with Crippen molar-refractivity contribution in [3.63, 3.8) is 0 Å². The van der Waals surface area contributed by atoms with Crippen LogP contribution in [0.4, 0.5) is 0 Å². The van der Waals surface area contributed by atoms with Gasteiger partial charge in [-0.3, -0.25) is 14.4 Å². The Labute approximate surface area is 471 Å². The third-order valence-electron chi connectivity index (χ3n) is 14.1. The van der Waals surface area contributed by atoms with E-state index in [-0.39, 0.29) is 31.1 Å². The van der Waals surface area contributed by atoms with E-state index in [1.165, 1.54) is 173 Å². The third-order valence-corrected chi connectivity index (χ3v) is 14.1. The number of esters is 3. The smallest absolute Gasteiger partial charge is 0.306 e. The molecule has 0 spiro atoms. The zero-order valence-corrected chi connectivity index (χ0v) is 50.3. The highest BCUT2D eigenvalue weighted by Crippen LogP contribution is 2.17. The first-order valence-corrected chi connectivity index (χ1v) is 32.6. The summed E-state index contributed by atoms with van der Waals surface area (Å²) in [4.78, 5) is 38.3. The molecule has 0 amide bonds. The molecule has 6 nitrogen and oxygen atoms in total. The van der Waals surface area contributed by atoms with Gasteiger partial charge in [-0.05, 0) is 89.9 Å². The standard InChI is InChI=1S/C70H122O6/c1-4-7-10-13-16-19-22-25-28-29-30-31-32-33-34-35-36-37-38-39-40-41-43-45-48-51-54-57-60-63-69(72)75-66-67(65-74-68(71)62-59-56-53-50-47-44-27-24-21-18-15-12-9-6-3)76-70(73)64-61-58-55-52-49-46-42-26-23-20-17-14-11-8-5-2/h7,10,15-16,18-19,24-25,27-28,30-31,33-34,67H,4-6,8-9,11-14,17,20-23,26,29,32,35-66H2,1-3H3/b10-7-,18-15-,19-16-,27-24-,28-25-,31-30-,34-33-. The molecule has 0 rings (SSSR count). The van der Waals surface area contributed by atoms with Gasteiger partial charge in [0.15, 0.2) is 6.10 Å². The van der Waals surface area contributed by atoms with Gasteiger partial charge in [0.25, 0.3) is 0 Å². The number of hydrogen-bond donors (Lipinski definition) is 0. The van der Waals surface area contributed by atoms with Crippen molar-refractivity contribution in [1.82, 2.24) is 0 Å². The lowest BCUT2D eigenvalue weighted by Gasteiger charge is -2.18. The summed E-state index contributed by atoms with van der Waals surface area (Å²) in [5, 5.41) is 0. The molecule has 0 saturated carbocycles. The number of unbranched alkanes of at least 4 members (excludes halogenated alkanes) is 34. The zero-order valence-electron chi connectivity index (χ0n) is 50.3. The minimum absolute atomic E-state index is 0.0780. The quantitative estimate of drug-likeness (QED) is 0.0261. The number of ether oxygens (including phenoxy) is 3. The molecule has 0 radical (unpaired) electrons. The summed E-state index contributed by atoms with van der Waals surface area (Å²) in [6.07, 6.45) is 84.5. The summed E-state index contributed by atoms with van der Waals surface area (Å²) in [5.74, 6) is -0.878. The second-order valence-corrected chi connectivity index (χ2v) is 21.6. The number of carbonyl (C=O) groups excluding carboxylic acids is 3. The van der Waals surface area contributed by atoms with Crippen molar-refractivity contribution in [3.8, 4) is 0 Å². The van der Waals surface area contributed by atoms with Crippen molar-refractivity contribution in [3.05, 3.63) is 85.1 Å². The van der Waals surface area contributed by atoms with Gasteiger partial charge in [0, 0.05) is 19.3 Å². The topological polar surface area (TPSA) is 78.9 Å². The van der Waals surface area contributed by atoms with Crippen LogP contribution in [0.2, 0.25) is 0 Å².